The van der Waals surface area contributed by atoms with Crippen LogP contribution in [0.1, 0.15) is 0 Å². The Morgan fingerprint density at radius 3 is 2.38 bits per heavy atom. The van der Waals surface area contributed by atoms with Crippen LogP contribution in [0.3, 0.4) is 0 Å². The highest BCUT2D eigenvalue weighted by Crippen LogP contribution is 2.16. The first-order valence-corrected chi connectivity index (χ1v) is 4.66. The summed E-state index contributed by atoms with van der Waals surface area (Å²) in [5, 5.41) is 13.2. The second-order valence-corrected chi connectivity index (χ2v) is 3.43. The third-order valence-electron chi connectivity index (χ3n) is 2.04. The number of hydrogen-bond donors (Lipinski definition) is 3. The van der Waals surface area contributed by atoms with E-state index >= 15 is 0 Å². The summed E-state index contributed by atoms with van der Waals surface area (Å²) in [5.74, 6) is 0. The lowest BCUT2D eigenvalue weighted by Crippen LogP contribution is -2.41. The van der Waals surface area contributed by atoms with E-state index in [4.69, 9.17) is 5.11 Å². The lowest BCUT2D eigenvalue weighted by Gasteiger charge is -2.19. The summed E-state index contributed by atoms with van der Waals surface area (Å²) in [5.41, 5.74) is -0.486. The van der Waals surface area contributed by atoms with Crippen molar-refractivity contribution in [3.63, 3.8) is 0 Å². The van der Waals surface area contributed by atoms with Gasteiger partial charge in [0.2, 0.25) is 0 Å². The molecule has 0 unspecified atom stereocenters. The molecule has 0 radical (unpaired) electrons. The number of anilines is 2. The highest BCUT2D eigenvalue weighted by atomic mass is 16.4. The summed E-state index contributed by atoms with van der Waals surface area (Å²) < 4.78 is 0. The fourth-order valence-corrected chi connectivity index (χ4v) is 1.33. The van der Waals surface area contributed by atoms with Crippen LogP contribution in [-0.2, 0) is 0 Å². The van der Waals surface area contributed by atoms with Crippen LogP contribution in [0.25, 0.3) is 0 Å². The maximum absolute atomic E-state index is 11.2. The zero-order valence-corrected chi connectivity index (χ0v) is 9.03. The molecule has 88 valence electrons. The molecule has 1 aromatic carbocycles. The summed E-state index contributed by atoms with van der Waals surface area (Å²) in [4.78, 5) is 34.0. The van der Waals surface area contributed by atoms with Gasteiger partial charge < -0.3 is 20.6 Å². The molecule has 0 saturated heterocycles. The van der Waals surface area contributed by atoms with Gasteiger partial charge in [0, 0.05) is 27.2 Å². The Balaban J connectivity index is 2.55. The molecule has 1 aromatic rings. The van der Waals surface area contributed by atoms with Gasteiger partial charge in [-0.05, 0) is 0 Å². The van der Waals surface area contributed by atoms with Crippen LogP contribution >= 0.6 is 0 Å². The van der Waals surface area contributed by atoms with E-state index in [0.717, 1.165) is 0 Å². The molecule has 0 heterocycles. The Bertz CT molecular complexity index is 459. The third kappa shape index (κ3) is 2.30. The minimum Gasteiger partial charge on any atom is -0.465 e. The highest BCUT2D eigenvalue weighted by molar-refractivity contribution is 5.74. The van der Waals surface area contributed by atoms with Crippen molar-refractivity contribution in [2.24, 2.45) is 0 Å². The van der Waals surface area contributed by atoms with Crippen LogP contribution < -0.4 is 26.4 Å². The van der Waals surface area contributed by atoms with Crippen LogP contribution in [0.2, 0.25) is 0 Å². The average molecular weight is 227 g/mol. The van der Waals surface area contributed by atoms with Gasteiger partial charge in [-0.15, -0.1) is 0 Å². The zero-order valence-electron chi connectivity index (χ0n) is 9.03. The predicted octanol–water partition coefficient (Wildman–Crippen LogP) is -0.972. The maximum atomic E-state index is 11.2. The number of nitrogens with one attached hydrogen (secondary N) is 2. The largest absolute Gasteiger partial charge is 0.465 e. The second-order valence-electron chi connectivity index (χ2n) is 3.43. The van der Waals surface area contributed by atoms with Crippen molar-refractivity contribution in [1.82, 2.24) is 5.32 Å². The Labute approximate surface area is 91.4 Å². The second kappa shape index (κ2) is 4.65. The molecule has 0 saturated carbocycles. The summed E-state index contributed by atoms with van der Waals surface area (Å²) in [6.45, 7) is 0.430. The summed E-state index contributed by atoms with van der Waals surface area (Å²) in [7, 11) is 3.33. The minimum atomic E-state index is -1.13. The average Bonchev–Trinajstić information content (AvgIpc) is 2.20. The Morgan fingerprint density at radius 1 is 1.25 bits per heavy atom. The van der Waals surface area contributed by atoms with Crippen LogP contribution in [-0.4, -0.2) is 38.4 Å². The quantitative estimate of drug-likeness (QED) is 0.442. The van der Waals surface area contributed by atoms with Gasteiger partial charge in [0.15, 0.2) is 0 Å². The van der Waals surface area contributed by atoms with E-state index in [1.54, 1.807) is 19.0 Å². The van der Waals surface area contributed by atoms with Crippen molar-refractivity contribution in [3.8, 4) is 0 Å². The molecule has 0 bridgehead atoms. The molecule has 16 heavy (non-hydrogen) atoms. The number of nitrogens with zero attached hydrogens (tertiary/aromatic N) is 1. The topological polar surface area (TPSA) is 98.7 Å². The van der Waals surface area contributed by atoms with Gasteiger partial charge in [0.25, 0.3) is 10.9 Å². The first kappa shape index (κ1) is 12.0. The molecule has 0 aliphatic carbocycles. The Morgan fingerprint density at radius 2 is 1.88 bits per heavy atom. The molecule has 0 spiro atoms. The molecule has 0 aliphatic heterocycles. The standard InChI is InChI=1S/C9H13N3O4/c1-12(2)6-5(7(13)8(6)14)10-3-4-11-9(15)16/h10-11H,3-4H2,1-2H3,(H,15,16). The Hall–Kier alpha value is -2.05. The van der Waals surface area contributed by atoms with Gasteiger partial charge in [-0.1, -0.05) is 0 Å². The summed E-state index contributed by atoms with van der Waals surface area (Å²) in [6.07, 6.45) is -1.13. The number of rotatable bonds is 5. The molecule has 7 nitrogen and oxygen atoms in total. The normalized spacial score (nSPS) is 10.1. The van der Waals surface area contributed by atoms with Crippen LogP contribution in [0.15, 0.2) is 9.59 Å². The lowest BCUT2D eigenvalue weighted by atomic mass is 10.2. The van der Waals surface area contributed by atoms with Gasteiger partial charge >= 0.3 is 6.09 Å². The van der Waals surface area contributed by atoms with Gasteiger partial charge in [-0.25, -0.2) is 4.79 Å². The summed E-state index contributed by atoms with van der Waals surface area (Å²) >= 11 is 0. The van der Waals surface area contributed by atoms with Crippen molar-refractivity contribution in [2.45, 2.75) is 0 Å². The first-order chi connectivity index (χ1) is 7.45. The van der Waals surface area contributed by atoms with Crippen LogP contribution in [0, 0.1) is 0 Å². The van der Waals surface area contributed by atoms with E-state index in [2.05, 4.69) is 10.6 Å². The van der Waals surface area contributed by atoms with E-state index < -0.39 is 17.0 Å². The van der Waals surface area contributed by atoms with Gasteiger partial charge in [0.05, 0.1) is 0 Å². The van der Waals surface area contributed by atoms with E-state index in [-0.39, 0.29) is 18.8 Å². The molecule has 0 fully saturated rings. The minimum absolute atomic E-state index is 0.168. The van der Waals surface area contributed by atoms with Crippen molar-refractivity contribution in [1.29, 1.82) is 0 Å². The molecule has 3 N–H and O–H groups in total. The van der Waals surface area contributed by atoms with Crippen molar-refractivity contribution >= 4 is 17.5 Å². The molecule has 0 atom stereocenters. The fourth-order valence-electron chi connectivity index (χ4n) is 1.33. The van der Waals surface area contributed by atoms with E-state index in [1.165, 1.54) is 0 Å². The van der Waals surface area contributed by atoms with Gasteiger partial charge in [0.1, 0.15) is 11.4 Å². The molecule has 0 aromatic heterocycles. The van der Waals surface area contributed by atoms with Crippen molar-refractivity contribution < 1.29 is 9.90 Å². The van der Waals surface area contributed by atoms with Crippen LogP contribution in [0.4, 0.5) is 16.2 Å². The van der Waals surface area contributed by atoms with E-state index in [1.807, 2.05) is 0 Å². The zero-order chi connectivity index (χ0) is 12.3. The van der Waals surface area contributed by atoms with Crippen molar-refractivity contribution in [2.75, 3.05) is 37.4 Å². The molecular weight excluding hydrogens is 214 g/mol. The van der Waals surface area contributed by atoms with E-state index in [0.29, 0.717) is 5.69 Å². The molecule has 7 heteroatoms. The molecule has 1 rings (SSSR count). The van der Waals surface area contributed by atoms with Crippen LogP contribution in [0.5, 0.6) is 0 Å². The van der Waals surface area contributed by atoms with E-state index in [9.17, 15) is 14.4 Å². The lowest BCUT2D eigenvalue weighted by molar-refractivity contribution is 0.195. The predicted molar refractivity (Wildman–Crippen MR) is 60.2 cm³/mol. The van der Waals surface area contributed by atoms with Gasteiger partial charge in [-0.2, -0.15) is 0 Å². The Kier molecular flexibility index (Phi) is 3.49. The molecular formula is C9H13N3O4. The molecule has 0 aliphatic rings. The first-order valence-electron chi connectivity index (χ1n) is 4.66. The number of carbonyl (C=O) groups is 1. The molecule has 1 amide bonds. The fraction of sp³-hybridized carbons (Fsp3) is 0.444. The highest BCUT2D eigenvalue weighted by Gasteiger charge is 2.21. The monoisotopic (exact) mass is 227 g/mol. The number of hydrogen-bond acceptors (Lipinski definition) is 5. The van der Waals surface area contributed by atoms with Gasteiger partial charge in [-0.3, -0.25) is 9.59 Å². The smallest absolute Gasteiger partial charge is 0.404 e. The third-order valence-corrected chi connectivity index (χ3v) is 2.04. The number of carboxylic acid groups (broad SMARTS) is 1. The maximum Gasteiger partial charge on any atom is 0.404 e. The summed E-state index contributed by atoms with van der Waals surface area (Å²) in [6, 6.07) is 0. The SMILES string of the molecule is CN(C)c1c(NCCNC(=O)O)c(=O)c1=O. The number of amides is 1. The van der Waals surface area contributed by atoms with Crippen molar-refractivity contribution in [3.05, 3.63) is 20.4 Å².